The molecule has 0 saturated carbocycles. The summed E-state index contributed by atoms with van der Waals surface area (Å²) in [6.07, 6.45) is 2.25. The molecule has 0 atom stereocenters. The molecule has 0 aliphatic carbocycles. The molecule has 1 aromatic carbocycles. The second-order valence-corrected chi connectivity index (χ2v) is 3.72. The summed E-state index contributed by atoms with van der Waals surface area (Å²) in [5.74, 6) is -0.0777. The normalized spacial score (nSPS) is 9.89. The van der Waals surface area contributed by atoms with Crippen LogP contribution in [-0.2, 0) is 11.3 Å². The van der Waals surface area contributed by atoms with Crippen molar-refractivity contribution in [2.24, 2.45) is 5.73 Å². The van der Waals surface area contributed by atoms with Crippen LogP contribution in [0.2, 0.25) is 0 Å². The molecule has 7 heteroatoms. The Hall–Kier alpha value is -2.83. The fourth-order valence-electron chi connectivity index (χ4n) is 1.41. The van der Waals surface area contributed by atoms with E-state index in [1.165, 1.54) is 17.1 Å². The highest BCUT2D eigenvalue weighted by atomic mass is 16.6. The van der Waals surface area contributed by atoms with Crippen molar-refractivity contribution in [3.8, 4) is 5.75 Å². The van der Waals surface area contributed by atoms with Gasteiger partial charge in [0.25, 0.3) is 0 Å². The largest absolute Gasteiger partial charge is 0.417 e. The van der Waals surface area contributed by atoms with Crippen LogP contribution in [0.3, 0.4) is 0 Å². The van der Waals surface area contributed by atoms with E-state index in [1.807, 2.05) is 6.07 Å². The smallest absolute Gasteiger partial charge is 0.410 e. The van der Waals surface area contributed by atoms with Crippen molar-refractivity contribution < 1.29 is 14.3 Å². The van der Waals surface area contributed by atoms with Gasteiger partial charge in [0.2, 0.25) is 5.91 Å². The van der Waals surface area contributed by atoms with Crippen LogP contribution in [0.15, 0.2) is 42.7 Å². The minimum absolute atomic E-state index is 0.0462. The lowest BCUT2D eigenvalue weighted by atomic mass is 10.3. The number of para-hydroxylation sites is 1. The number of nitrogens with one attached hydrogen (secondary N) is 1. The topological polar surface area (TPSA) is 99.2 Å². The Morgan fingerprint density at radius 2 is 2.05 bits per heavy atom. The number of hydrogen-bond acceptors (Lipinski definition) is 4. The first-order valence-electron chi connectivity index (χ1n) is 5.48. The Bertz CT molecular complexity index is 580. The van der Waals surface area contributed by atoms with Gasteiger partial charge in [0, 0.05) is 6.20 Å². The van der Waals surface area contributed by atoms with Gasteiger partial charge < -0.3 is 10.5 Å². The standard InChI is InChI=1S/C12H12N4O3/c13-11(17)8-16-7-9(6-14-16)15-12(18)19-10-4-2-1-3-5-10/h1-7H,8H2,(H2,13,17)(H,15,18). The van der Waals surface area contributed by atoms with E-state index in [1.54, 1.807) is 24.3 Å². The van der Waals surface area contributed by atoms with Crippen molar-refractivity contribution >= 4 is 17.7 Å². The average molecular weight is 260 g/mol. The SMILES string of the molecule is NC(=O)Cn1cc(NC(=O)Oc2ccccc2)cn1. The second-order valence-electron chi connectivity index (χ2n) is 3.72. The molecule has 98 valence electrons. The van der Waals surface area contributed by atoms with E-state index in [-0.39, 0.29) is 6.54 Å². The molecule has 1 heterocycles. The third-order valence-corrected chi connectivity index (χ3v) is 2.15. The molecule has 2 rings (SSSR count). The molecule has 3 N–H and O–H groups in total. The van der Waals surface area contributed by atoms with Gasteiger partial charge in [-0.05, 0) is 12.1 Å². The summed E-state index contributed by atoms with van der Waals surface area (Å²) in [5, 5.41) is 6.35. The Morgan fingerprint density at radius 3 is 2.74 bits per heavy atom. The number of nitrogens with zero attached hydrogens (tertiary/aromatic N) is 2. The molecule has 0 radical (unpaired) electrons. The summed E-state index contributed by atoms with van der Waals surface area (Å²) in [6, 6.07) is 8.66. The quantitative estimate of drug-likeness (QED) is 0.855. The summed E-state index contributed by atoms with van der Waals surface area (Å²) in [5.41, 5.74) is 5.44. The van der Waals surface area contributed by atoms with E-state index >= 15 is 0 Å². The van der Waals surface area contributed by atoms with Gasteiger partial charge >= 0.3 is 6.09 Å². The fraction of sp³-hybridized carbons (Fsp3) is 0.0833. The van der Waals surface area contributed by atoms with Crippen LogP contribution >= 0.6 is 0 Å². The highest BCUT2D eigenvalue weighted by molar-refractivity contribution is 5.85. The molecule has 0 aliphatic rings. The number of carbonyl (C=O) groups is 2. The monoisotopic (exact) mass is 260 g/mol. The number of hydrogen-bond donors (Lipinski definition) is 2. The highest BCUT2D eigenvalue weighted by Gasteiger charge is 2.07. The zero-order valence-electron chi connectivity index (χ0n) is 9.95. The van der Waals surface area contributed by atoms with Crippen LogP contribution in [0.4, 0.5) is 10.5 Å². The van der Waals surface area contributed by atoms with Crippen LogP contribution < -0.4 is 15.8 Å². The molecule has 0 aliphatic heterocycles. The summed E-state index contributed by atoms with van der Waals surface area (Å²) in [4.78, 5) is 22.2. The third kappa shape index (κ3) is 3.84. The molecule has 7 nitrogen and oxygen atoms in total. The van der Waals surface area contributed by atoms with Gasteiger partial charge in [-0.2, -0.15) is 5.10 Å². The molecule has 0 bridgehead atoms. The minimum Gasteiger partial charge on any atom is -0.410 e. The molecular formula is C12H12N4O3. The van der Waals surface area contributed by atoms with Gasteiger partial charge in [0.15, 0.2) is 0 Å². The lowest BCUT2D eigenvalue weighted by Crippen LogP contribution is -2.19. The predicted molar refractivity (Wildman–Crippen MR) is 67.5 cm³/mol. The number of aromatic nitrogens is 2. The van der Waals surface area contributed by atoms with Gasteiger partial charge in [0.05, 0.1) is 11.9 Å². The zero-order valence-corrected chi connectivity index (χ0v) is 9.95. The first-order valence-corrected chi connectivity index (χ1v) is 5.48. The van der Waals surface area contributed by atoms with Gasteiger partial charge in [-0.25, -0.2) is 4.79 Å². The number of ether oxygens (including phenoxy) is 1. The van der Waals surface area contributed by atoms with Gasteiger partial charge in [-0.1, -0.05) is 18.2 Å². The highest BCUT2D eigenvalue weighted by Crippen LogP contribution is 2.10. The van der Waals surface area contributed by atoms with Crippen molar-refractivity contribution in [2.45, 2.75) is 6.54 Å². The Balaban J connectivity index is 1.92. The maximum Gasteiger partial charge on any atom is 0.417 e. The second kappa shape index (κ2) is 5.67. The number of nitrogens with two attached hydrogens (primary N) is 1. The number of anilines is 1. The van der Waals surface area contributed by atoms with Gasteiger partial charge in [0.1, 0.15) is 12.3 Å². The molecule has 0 spiro atoms. The Labute approximate surface area is 109 Å². The number of amides is 2. The maximum atomic E-state index is 11.6. The minimum atomic E-state index is -0.634. The molecule has 2 aromatic rings. The first-order chi connectivity index (χ1) is 9.13. The molecule has 0 fully saturated rings. The summed E-state index contributed by atoms with van der Waals surface area (Å²) < 4.78 is 6.35. The molecule has 1 aromatic heterocycles. The van der Waals surface area contributed by atoms with Gasteiger partial charge in [-0.3, -0.25) is 14.8 Å². The van der Waals surface area contributed by atoms with Crippen LogP contribution in [-0.4, -0.2) is 21.8 Å². The lowest BCUT2D eigenvalue weighted by molar-refractivity contribution is -0.118. The van der Waals surface area contributed by atoms with Crippen molar-refractivity contribution in [3.05, 3.63) is 42.7 Å². The van der Waals surface area contributed by atoms with E-state index in [9.17, 15) is 9.59 Å². The molecule has 0 saturated heterocycles. The maximum absolute atomic E-state index is 11.6. The van der Waals surface area contributed by atoms with E-state index in [0.717, 1.165) is 0 Å². The predicted octanol–water partition coefficient (Wildman–Crippen LogP) is 0.979. The van der Waals surface area contributed by atoms with E-state index in [2.05, 4.69) is 10.4 Å². The average Bonchev–Trinajstić information content (AvgIpc) is 2.76. The first kappa shape index (κ1) is 12.6. The van der Waals surface area contributed by atoms with Gasteiger partial charge in [-0.15, -0.1) is 0 Å². The zero-order chi connectivity index (χ0) is 13.7. The van der Waals surface area contributed by atoms with Crippen LogP contribution in [0.1, 0.15) is 0 Å². The summed E-state index contributed by atoms with van der Waals surface area (Å²) >= 11 is 0. The lowest BCUT2D eigenvalue weighted by Gasteiger charge is -2.03. The van der Waals surface area contributed by atoms with Crippen molar-refractivity contribution in [1.82, 2.24) is 9.78 Å². The molecular weight excluding hydrogens is 248 g/mol. The van der Waals surface area contributed by atoms with Crippen LogP contribution in [0.25, 0.3) is 0 Å². The van der Waals surface area contributed by atoms with Crippen LogP contribution in [0, 0.1) is 0 Å². The summed E-state index contributed by atoms with van der Waals surface area (Å²) in [7, 11) is 0. The third-order valence-electron chi connectivity index (χ3n) is 2.15. The van der Waals surface area contributed by atoms with E-state index in [4.69, 9.17) is 10.5 Å². The van der Waals surface area contributed by atoms with Crippen molar-refractivity contribution in [2.75, 3.05) is 5.32 Å². The number of primary amides is 1. The Kier molecular flexibility index (Phi) is 3.77. The number of benzene rings is 1. The summed E-state index contributed by atoms with van der Waals surface area (Å²) in [6.45, 7) is -0.0462. The molecule has 19 heavy (non-hydrogen) atoms. The van der Waals surface area contributed by atoms with Crippen molar-refractivity contribution in [1.29, 1.82) is 0 Å². The Morgan fingerprint density at radius 1 is 1.32 bits per heavy atom. The van der Waals surface area contributed by atoms with E-state index < -0.39 is 12.0 Å². The molecule has 2 amide bonds. The number of rotatable bonds is 4. The van der Waals surface area contributed by atoms with Crippen molar-refractivity contribution in [3.63, 3.8) is 0 Å². The van der Waals surface area contributed by atoms with E-state index in [0.29, 0.717) is 11.4 Å². The van der Waals surface area contributed by atoms with Crippen LogP contribution in [0.5, 0.6) is 5.75 Å². The fourth-order valence-corrected chi connectivity index (χ4v) is 1.41. The number of carbonyl (C=O) groups excluding carboxylic acids is 2. The molecule has 0 unspecified atom stereocenters.